The monoisotopic (exact) mass is 436 g/mol. The van der Waals surface area contributed by atoms with Crippen molar-refractivity contribution in [2.24, 2.45) is 0 Å². The number of carbonyl (C=O) groups is 1. The van der Waals surface area contributed by atoms with Crippen LogP contribution in [0.25, 0.3) is 0 Å². The van der Waals surface area contributed by atoms with E-state index in [1.807, 2.05) is 60.4 Å². The number of furan rings is 1. The molecule has 160 valence electrons. The Morgan fingerprint density at radius 1 is 1.29 bits per heavy atom. The van der Waals surface area contributed by atoms with Gasteiger partial charge in [-0.1, -0.05) is 13.0 Å². The van der Waals surface area contributed by atoms with Crippen LogP contribution in [0.5, 0.6) is 5.75 Å². The summed E-state index contributed by atoms with van der Waals surface area (Å²) >= 11 is 5.72. The second kappa shape index (κ2) is 8.77. The Bertz CT molecular complexity index is 1100. The van der Waals surface area contributed by atoms with Gasteiger partial charge in [-0.3, -0.25) is 9.78 Å². The summed E-state index contributed by atoms with van der Waals surface area (Å²) in [6, 6.07) is 14.9. The standard InChI is InChI=1S/C23H24N4O3S/c1-4-20(28)25-16-10-9-15(13-19(16)29-3)27-22(18-11-8-14(2)30-18)21(26-23(27)31)17-7-5-6-12-24-17/h5-13,21-22H,4H2,1-3H3,(H,25,28)(H,26,31)/t21-,22+/m1/s1. The Kier molecular flexibility index (Phi) is 5.90. The SMILES string of the molecule is CCC(=O)Nc1ccc(N2C(=S)N[C@H](c3ccccn3)[C@@H]2c2ccc(C)o2)cc1OC. The lowest BCUT2D eigenvalue weighted by atomic mass is 10.0. The minimum absolute atomic E-state index is 0.0800. The molecule has 2 atom stereocenters. The quantitative estimate of drug-likeness (QED) is 0.550. The molecular weight excluding hydrogens is 412 g/mol. The van der Waals surface area contributed by atoms with Gasteiger partial charge in [0, 0.05) is 24.4 Å². The molecule has 1 amide bonds. The van der Waals surface area contributed by atoms with Crippen LogP contribution < -0.4 is 20.3 Å². The van der Waals surface area contributed by atoms with Crippen LogP contribution in [-0.4, -0.2) is 23.1 Å². The van der Waals surface area contributed by atoms with Gasteiger partial charge in [-0.25, -0.2) is 0 Å². The topological polar surface area (TPSA) is 79.6 Å². The number of hydrogen-bond donors (Lipinski definition) is 2. The molecule has 1 fully saturated rings. The van der Waals surface area contributed by atoms with E-state index in [2.05, 4.69) is 15.6 Å². The number of hydrogen-bond acceptors (Lipinski definition) is 5. The van der Waals surface area contributed by atoms with E-state index in [9.17, 15) is 4.79 Å². The number of carbonyl (C=O) groups excluding carboxylic acids is 1. The highest BCUT2D eigenvalue weighted by Gasteiger charge is 2.42. The zero-order valence-corrected chi connectivity index (χ0v) is 18.4. The van der Waals surface area contributed by atoms with Crippen LogP contribution in [0.4, 0.5) is 11.4 Å². The highest BCUT2D eigenvalue weighted by Crippen LogP contribution is 2.43. The summed E-state index contributed by atoms with van der Waals surface area (Å²) in [5.74, 6) is 2.08. The van der Waals surface area contributed by atoms with Crippen LogP contribution in [0.15, 0.2) is 59.1 Å². The van der Waals surface area contributed by atoms with Crippen LogP contribution in [0.3, 0.4) is 0 Å². The van der Waals surface area contributed by atoms with E-state index in [0.717, 1.165) is 22.9 Å². The van der Waals surface area contributed by atoms with Crippen LogP contribution >= 0.6 is 12.2 Å². The van der Waals surface area contributed by atoms with Gasteiger partial charge < -0.3 is 24.7 Å². The molecule has 1 aliphatic rings. The first-order valence-corrected chi connectivity index (χ1v) is 10.5. The van der Waals surface area contributed by atoms with Crippen LogP contribution in [0.2, 0.25) is 0 Å². The number of nitrogens with one attached hydrogen (secondary N) is 2. The molecule has 0 bridgehead atoms. The molecule has 0 spiro atoms. The number of pyridine rings is 1. The highest BCUT2D eigenvalue weighted by atomic mass is 32.1. The molecule has 0 radical (unpaired) electrons. The summed E-state index contributed by atoms with van der Waals surface area (Å²) in [6.07, 6.45) is 2.15. The van der Waals surface area contributed by atoms with Crippen LogP contribution in [-0.2, 0) is 4.79 Å². The number of amides is 1. The molecule has 3 heterocycles. The number of thiocarbonyl (C=S) groups is 1. The lowest BCUT2D eigenvalue weighted by Gasteiger charge is -2.26. The molecule has 4 rings (SSSR count). The average molecular weight is 437 g/mol. The van der Waals surface area contributed by atoms with Gasteiger partial charge in [-0.15, -0.1) is 0 Å². The third kappa shape index (κ3) is 4.11. The van der Waals surface area contributed by atoms with Crippen molar-refractivity contribution < 1.29 is 13.9 Å². The molecule has 1 aromatic carbocycles. The average Bonchev–Trinajstić information content (AvgIpc) is 3.37. The van der Waals surface area contributed by atoms with E-state index < -0.39 is 0 Å². The first-order valence-electron chi connectivity index (χ1n) is 10.1. The van der Waals surface area contributed by atoms with Crippen molar-refractivity contribution in [3.8, 4) is 5.75 Å². The summed E-state index contributed by atoms with van der Waals surface area (Å²) < 4.78 is 11.6. The number of methoxy groups -OCH3 is 1. The van der Waals surface area contributed by atoms with Crippen LogP contribution in [0.1, 0.15) is 42.6 Å². The van der Waals surface area contributed by atoms with E-state index in [0.29, 0.717) is 23.0 Å². The fourth-order valence-electron chi connectivity index (χ4n) is 3.71. The van der Waals surface area contributed by atoms with Gasteiger partial charge in [0.2, 0.25) is 5.91 Å². The number of aryl methyl sites for hydroxylation is 1. The smallest absolute Gasteiger partial charge is 0.224 e. The Hall–Kier alpha value is -3.39. The summed E-state index contributed by atoms with van der Waals surface area (Å²) in [4.78, 5) is 18.4. The summed E-state index contributed by atoms with van der Waals surface area (Å²) in [5.41, 5.74) is 2.30. The second-order valence-corrected chi connectivity index (χ2v) is 7.62. The third-order valence-electron chi connectivity index (χ3n) is 5.21. The molecule has 3 aromatic rings. The molecule has 1 saturated heterocycles. The molecule has 1 aliphatic heterocycles. The summed E-state index contributed by atoms with van der Waals surface area (Å²) in [6.45, 7) is 3.72. The maximum atomic E-state index is 11.9. The number of nitrogens with zero attached hydrogens (tertiary/aromatic N) is 2. The van der Waals surface area contributed by atoms with Gasteiger partial charge >= 0.3 is 0 Å². The van der Waals surface area contributed by atoms with Crippen molar-refractivity contribution in [1.82, 2.24) is 10.3 Å². The minimum atomic E-state index is -0.239. The zero-order valence-electron chi connectivity index (χ0n) is 17.6. The first kappa shape index (κ1) is 20.9. The fraction of sp³-hybridized carbons (Fsp3) is 0.261. The van der Waals surface area contributed by atoms with E-state index in [-0.39, 0.29) is 18.0 Å². The van der Waals surface area contributed by atoms with Crippen molar-refractivity contribution in [2.45, 2.75) is 32.4 Å². The fourth-order valence-corrected chi connectivity index (χ4v) is 4.05. The zero-order chi connectivity index (χ0) is 22.0. The largest absolute Gasteiger partial charge is 0.494 e. The van der Waals surface area contributed by atoms with Crippen molar-refractivity contribution >= 4 is 34.6 Å². The molecule has 0 unspecified atom stereocenters. The summed E-state index contributed by atoms with van der Waals surface area (Å²) in [7, 11) is 1.57. The van der Waals surface area contributed by atoms with Gasteiger partial charge in [0.1, 0.15) is 23.3 Å². The number of benzene rings is 1. The van der Waals surface area contributed by atoms with Gasteiger partial charge in [-0.05, 0) is 55.5 Å². The molecule has 8 heteroatoms. The Morgan fingerprint density at radius 2 is 2.13 bits per heavy atom. The van der Waals surface area contributed by atoms with Crippen molar-refractivity contribution in [3.05, 3.63) is 71.9 Å². The number of rotatable bonds is 6. The predicted octanol–water partition coefficient (Wildman–Crippen LogP) is 4.52. The van der Waals surface area contributed by atoms with Crippen LogP contribution in [0, 0.1) is 6.92 Å². The summed E-state index contributed by atoms with van der Waals surface area (Å²) in [5, 5.41) is 6.81. The van der Waals surface area contributed by atoms with Gasteiger partial charge in [0.25, 0.3) is 0 Å². The lowest BCUT2D eigenvalue weighted by molar-refractivity contribution is -0.115. The van der Waals surface area contributed by atoms with E-state index in [4.69, 9.17) is 21.4 Å². The van der Waals surface area contributed by atoms with E-state index in [1.54, 1.807) is 20.2 Å². The Morgan fingerprint density at radius 3 is 2.77 bits per heavy atom. The molecule has 2 N–H and O–H groups in total. The third-order valence-corrected chi connectivity index (χ3v) is 5.52. The molecule has 0 saturated carbocycles. The molecule has 31 heavy (non-hydrogen) atoms. The molecular formula is C23H24N4O3S. The molecule has 2 aromatic heterocycles. The maximum absolute atomic E-state index is 11.9. The van der Waals surface area contributed by atoms with Gasteiger partial charge in [0.15, 0.2) is 5.11 Å². The van der Waals surface area contributed by atoms with Crippen molar-refractivity contribution in [3.63, 3.8) is 0 Å². The first-order chi connectivity index (χ1) is 15.0. The lowest BCUT2D eigenvalue weighted by Crippen LogP contribution is -2.29. The highest BCUT2D eigenvalue weighted by molar-refractivity contribution is 7.80. The number of ether oxygens (including phenoxy) is 1. The van der Waals surface area contributed by atoms with E-state index >= 15 is 0 Å². The normalized spacial score (nSPS) is 18.0. The van der Waals surface area contributed by atoms with Gasteiger partial charge in [0.05, 0.1) is 24.5 Å². The van der Waals surface area contributed by atoms with Crippen molar-refractivity contribution in [1.29, 1.82) is 0 Å². The molecule has 7 nitrogen and oxygen atoms in total. The maximum Gasteiger partial charge on any atom is 0.224 e. The minimum Gasteiger partial charge on any atom is -0.494 e. The van der Waals surface area contributed by atoms with E-state index in [1.165, 1.54) is 0 Å². The predicted molar refractivity (Wildman–Crippen MR) is 123 cm³/mol. The molecule has 0 aliphatic carbocycles. The Balaban J connectivity index is 1.76. The Labute approximate surface area is 186 Å². The number of anilines is 2. The second-order valence-electron chi connectivity index (χ2n) is 7.23. The van der Waals surface area contributed by atoms with Gasteiger partial charge in [-0.2, -0.15) is 0 Å². The van der Waals surface area contributed by atoms with Crippen molar-refractivity contribution in [2.75, 3.05) is 17.3 Å². The number of aromatic nitrogens is 1.